The van der Waals surface area contributed by atoms with E-state index in [2.05, 4.69) is 22.6 Å². The Kier molecular flexibility index (Phi) is 3.27. The van der Waals surface area contributed by atoms with Crippen LogP contribution in [-0.4, -0.2) is 23.0 Å². The number of hydrogen-bond donors (Lipinski definition) is 3. The zero-order valence-corrected chi connectivity index (χ0v) is 9.39. The monoisotopic (exact) mass is 233 g/mol. The number of hydrogen-bond acceptors (Lipinski definition) is 3. The first-order valence-corrected chi connectivity index (χ1v) is 5.51. The molecule has 5 heteroatoms. The van der Waals surface area contributed by atoms with Crippen molar-refractivity contribution in [3.8, 4) is 0 Å². The molecular weight excluding hydrogens is 218 g/mol. The highest BCUT2D eigenvalue weighted by Crippen LogP contribution is 2.21. The molecule has 0 aromatic heterocycles. The van der Waals surface area contributed by atoms with Gasteiger partial charge in [-0.1, -0.05) is 29.4 Å². The summed E-state index contributed by atoms with van der Waals surface area (Å²) in [7, 11) is 0. The van der Waals surface area contributed by atoms with Crippen LogP contribution in [-0.2, 0) is 17.6 Å². The van der Waals surface area contributed by atoms with Gasteiger partial charge in [0.15, 0.2) is 0 Å². The van der Waals surface area contributed by atoms with Crippen LogP contribution in [0.2, 0.25) is 0 Å². The molecule has 0 fully saturated rings. The number of carbonyl (C=O) groups excluding carboxylic acids is 1. The minimum atomic E-state index is -0.210. The quantitative estimate of drug-likeness (QED) is 0.306. The Bertz CT molecular complexity index is 432. The third-order valence-electron chi connectivity index (χ3n) is 2.89. The lowest BCUT2D eigenvalue weighted by Gasteiger charge is -2.11. The van der Waals surface area contributed by atoms with Gasteiger partial charge in [0.05, 0.1) is 6.42 Å². The van der Waals surface area contributed by atoms with Crippen molar-refractivity contribution >= 4 is 11.7 Å². The number of amides is 1. The van der Waals surface area contributed by atoms with Crippen molar-refractivity contribution in [1.29, 1.82) is 0 Å². The Morgan fingerprint density at radius 3 is 2.53 bits per heavy atom. The van der Waals surface area contributed by atoms with E-state index in [4.69, 9.17) is 10.9 Å². The Balaban J connectivity index is 1.90. The van der Waals surface area contributed by atoms with Crippen molar-refractivity contribution in [2.75, 3.05) is 0 Å². The van der Waals surface area contributed by atoms with Crippen molar-refractivity contribution in [3.05, 3.63) is 35.4 Å². The van der Waals surface area contributed by atoms with Crippen LogP contribution >= 0.6 is 0 Å². The summed E-state index contributed by atoms with van der Waals surface area (Å²) in [6.07, 6.45) is 1.62. The van der Waals surface area contributed by atoms with Crippen LogP contribution in [0.1, 0.15) is 17.5 Å². The van der Waals surface area contributed by atoms with Crippen LogP contribution in [0.5, 0.6) is 0 Å². The van der Waals surface area contributed by atoms with Crippen molar-refractivity contribution in [2.24, 2.45) is 10.9 Å². The largest absolute Gasteiger partial charge is 0.409 e. The summed E-state index contributed by atoms with van der Waals surface area (Å²) < 4.78 is 0. The van der Waals surface area contributed by atoms with E-state index in [1.54, 1.807) is 0 Å². The highest BCUT2D eigenvalue weighted by Gasteiger charge is 2.22. The maximum absolute atomic E-state index is 11.5. The van der Waals surface area contributed by atoms with Crippen LogP contribution in [0.4, 0.5) is 0 Å². The van der Waals surface area contributed by atoms with Gasteiger partial charge in [-0.15, -0.1) is 0 Å². The van der Waals surface area contributed by atoms with Gasteiger partial charge in [-0.3, -0.25) is 4.79 Å². The maximum atomic E-state index is 11.5. The van der Waals surface area contributed by atoms with E-state index in [-0.39, 0.29) is 24.2 Å². The third kappa shape index (κ3) is 2.75. The molecule has 0 saturated carbocycles. The summed E-state index contributed by atoms with van der Waals surface area (Å²) in [5, 5.41) is 14.0. The fourth-order valence-electron chi connectivity index (χ4n) is 2.14. The van der Waals surface area contributed by atoms with Crippen LogP contribution < -0.4 is 11.1 Å². The molecule has 0 radical (unpaired) electrons. The van der Waals surface area contributed by atoms with Gasteiger partial charge in [0, 0.05) is 6.04 Å². The Hall–Kier alpha value is -2.04. The van der Waals surface area contributed by atoms with Gasteiger partial charge >= 0.3 is 0 Å². The Morgan fingerprint density at radius 2 is 2.00 bits per heavy atom. The summed E-state index contributed by atoms with van der Waals surface area (Å²) in [5.41, 5.74) is 7.83. The number of nitrogens with one attached hydrogen (secondary N) is 1. The molecule has 0 heterocycles. The van der Waals surface area contributed by atoms with Crippen molar-refractivity contribution < 1.29 is 10.0 Å². The maximum Gasteiger partial charge on any atom is 0.227 e. The van der Waals surface area contributed by atoms with Crippen LogP contribution in [0.25, 0.3) is 0 Å². The molecule has 5 nitrogen and oxygen atoms in total. The molecule has 1 aromatic rings. The highest BCUT2D eigenvalue weighted by molar-refractivity contribution is 5.98. The van der Waals surface area contributed by atoms with Gasteiger partial charge in [0.2, 0.25) is 5.91 Å². The molecule has 0 unspecified atom stereocenters. The van der Waals surface area contributed by atoms with Crippen LogP contribution in [0.3, 0.4) is 0 Å². The van der Waals surface area contributed by atoms with E-state index in [1.165, 1.54) is 11.1 Å². The van der Waals surface area contributed by atoms with E-state index >= 15 is 0 Å². The van der Waals surface area contributed by atoms with Crippen molar-refractivity contribution in [1.82, 2.24) is 5.32 Å². The average Bonchev–Trinajstić information content (AvgIpc) is 2.70. The van der Waals surface area contributed by atoms with Gasteiger partial charge in [-0.2, -0.15) is 0 Å². The van der Waals surface area contributed by atoms with Gasteiger partial charge in [-0.25, -0.2) is 0 Å². The smallest absolute Gasteiger partial charge is 0.227 e. The Morgan fingerprint density at radius 1 is 1.41 bits per heavy atom. The molecule has 2 rings (SSSR count). The molecule has 1 aliphatic carbocycles. The first kappa shape index (κ1) is 11.4. The average molecular weight is 233 g/mol. The number of benzene rings is 1. The molecular formula is C12H15N3O2. The predicted molar refractivity (Wildman–Crippen MR) is 63.8 cm³/mol. The van der Waals surface area contributed by atoms with Gasteiger partial charge in [0.1, 0.15) is 5.84 Å². The summed E-state index contributed by atoms with van der Waals surface area (Å²) in [6.45, 7) is 0. The lowest BCUT2D eigenvalue weighted by atomic mass is 10.1. The summed E-state index contributed by atoms with van der Waals surface area (Å²) in [6, 6.07) is 8.26. The number of fused-ring (bicyclic) bond motifs is 1. The molecule has 0 saturated heterocycles. The highest BCUT2D eigenvalue weighted by atomic mass is 16.4. The summed E-state index contributed by atoms with van der Waals surface area (Å²) in [5.74, 6) is -0.281. The van der Waals surface area contributed by atoms with Gasteiger partial charge in [0.25, 0.3) is 0 Å². The summed E-state index contributed by atoms with van der Waals surface area (Å²) >= 11 is 0. The number of rotatable bonds is 3. The van der Waals surface area contributed by atoms with Crippen molar-refractivity contribution in [2.45, 2.75) is 25.3 Å². The molecule has 17 heavy (non-hydrogen) atoms. The molecule has 90 valence electrons. The zero-order valence-electron chi connectivity index (χ0n) is 9.39. The van der Waals surface area contributed by atoms with Gasteiger partial charge < -0.3 is 16.3 Å². The minimum Gasteiger partial charge on any atom is -0.409 e. The van der Waals surface area contributed by atoms with Crippen molar-refractivity contribution in [3.63, 3.8) is 0 Å². The second kappa shape index (κ2) is 4.86. The van der Waals surface area contributed by atoms with Gasteiger partial charge in [-0.05, 0) is 24.0 Å². The number of oxime groups is 1. The number of nitrogens with two attached hydrogens (primary N) is 1. The minimum absolute atomic E-state index is 0.0661. The topological polar surface area (TPSA) is 87.7 Å². The second-order valence-corrected chi connectivity index (χ2v) is 4.21. The fourth-order valence-corrected chi connectivity index (χ4v) is 2.14. The normalized spacial score (nSPS) is 15.6. The number of amidine groups is 1. The Labute approximate surface area is 99.3 Å². The third-order valence-corrected chi connectivity index (χ3v) is 2.89. The molecule has 1 amide bonds. The standard InChI is InChI=1S/C12H15N3O2/c13-11(15-17)7-12(16)14-10-5-8-3-1-2-4-9(8)6-10/h1-4,10,17H,5-7H2,(H2,13,15)(H,14,16). The fraction of sp³-hybridized carbons (Fsp3) is 0.333. The molecule has 0 bridgehead atoms. The van der Waals surface area contributed by atoms with E-state index in [0.717, 1.165) is 12.8 Å². The molecule has 4 N–H and O–H groups in total. The van der Waals surface area contributed by atoms with E-state index in [0.29, 0.717) is 0 Å². The molecule has 1 aromatic carbocycles. The van der Waals surface area contributed by atoms with E-state index in [9.17, 15) is 4.79 Å². The lowest BCUT2D eigenvalue weighted by molar-refractivity contribution is -0.120. The van der Waals surface area contributed by atoms with Crippen LogP contribution in [0, 0.1) is 0 Å². The molecule has 0 spiro atoms. The lowest BCUT2D eigenvalue weighted by Crippen LogP contribution is -2.37. The first-order valence-electron chi connectivity index (χ1n) is 5.51. The SMILES string of the molecule is N/C(CC(=O)NC1Cc2ccccc2C1)=N/O. The van der Waals surface area contributed by atoms with E-state index < -0.39 is 0 Å². The predicted octanol–water partition coefficient (Wildman–Crippen LogP) is 0.406. The van der Waals surface area contributed by atoms with E-state index in [1.807, 2.05) is 12.1 Å². The number of carbonyl (C=O) groups is 1. The number of nitrogens with zero attached hydrogens (tertiary/aromatic N) is 1. The molecule has 0 atom stereocenters. The zero-order chi connectivity index (χ0) is 12.3. The molecule has 1 aliphatic rings. The van der Waals surface area contributed by atoms with Crippen LogP contribution in [0.15, 0.2) is 29.4 Å². The second-order valence-electron chi connectivity index (χ2n) is 4.21. The first-order chi connectivity index (χ1) is 8.19. The summed E-state index contributed by atoms with van der Waals surface area (Å²) in [4.78, 5) is 11.5. The molecule has 0 aliphatic heterocycles.